The van der Waals surface area contributed by atoms with Crippen molar-refractivity contribution in [2.45, 2.75) is 6.54 Å². The van der Waals surface area contributed by atoms with Crippen LogP contribution in [0.4, 0.5) is 5.69 Å². The highest BCUT2D eigenvalue weighted by molar-refractivity contribution is 5.56. The fourth-order valence-corrected chi connectivity index (χ4v) is 1.55. The summed E-state index contributed by atoms with van der Waals surface area (Å²) in [6.45, 7) is 2.05. The summed E-state index contributed by atoms with van der Waals surface area (Å²) in [6.07, 6.45) is 0. The van der Waals surface area contributed by atoms with Gasteiger partial charge in [-0.1, -0.05) is 6.07 Å². The Labute approximate surface area is 96.9 Å². The molecule has 4 heteroatoms. The molecule has 1 rings (SSSR count). The number of methoxy groups -OCH3 is 2. The predicted molar refractivity (Wildman–Crippen MR) is 66.0 cm³/mol. The smallest absolute Gasteiger partial charge is 0.120 e. The van der Waals surface area contributed by atoms with Crippen LogP contribution in [0.2, 0.25) is 0 Å². The van der Waals surface area contributed by atoms with E-state index in [1.54, 1.807) is 14.2 Å². The number of hydrogen-bond acceptors (Lipinski definition) is 4. The van der Waals surface area contributed by atoms with Crippen molar-refractivity contribution in [2.24, 2.45) is 5.73 Å². The van der Waals surface area contributed by atoms with Crippen LogP contribution in [0.25, 0.3) is 0 Å². The van der Waals surface area contributed by atoms with Gasteiger partial charge in [-0.25, -0.2) is 0 Å². The van der Waals surface area contributed by atoms with Crippen molar-refractivity contribution in [1.29, 1.82) is 0 Å². The van der Waals surface area contributed by atoms with Gasteiger partial charge in [0.25, 0.3) is 0 Å². The number of ether oxygens (including phenoxy) is 2. The number of rotatable bonds is 6. The van der Waals surface area contributed by atoms with Gasteiger partial charge in [-0.15, -0.1) is 0 Å². The molecule has 0 bridgehead atoms. The Kier molecular flexibility index (Phi) is 5.08. The van der Waals surface area contributed by atoms with Crippen LogP contribution >= 0.6 is 0 Å². The van der Waals surface area contributed by atoms with Gasteiger partial charge >= 0.3 is 0 Å². The Morgan fingerprint density at radius 3 is 2.62 bits per heavy atom. The van der Waals surface area contributed by atoms with Gasteiger partial charge < -0.3 is 20.1 Å². The molecule has 0 amide bonds. The number of anilines is 1. The monoisotopic (exact) mass is 224 g/mol. The summed E-state index contributed by atoms with van der Waals surface area (Å²) < 4.78 is 10.3. The lowest BCUT2D eigenvalue weighted by Crippen LogP contribution is -2.23. The van der Waals surface area contributed by atoms with Crippen LogP contribution < -0.4 is 15.4 Å². The summed E-state index contributed by atoms with van der Waals surface area (Å²) in [5.41, 5.74) is 7.92. The molecule has 0 fully saturated rings. The Hall–Kier alpha value is -1.26. The molecule has 0 aliphatic rings. The maximum Gasteiger partial charge on any atom is 0.120 e. The van der Waals surface area contributed by atoms with Gasteiger partial charge in [-0.2, -0.15) is 0 Å². The van der Waals surface area contributed by atoms with Gasteiger partial charge in [0.05, 0.1) is 13.7 Å². The van der Waals surface area contributed by atoms with E-state index in [-0.39, 0.29) is 0 Å². The molecule has 0 heterocycles. The highest BCUT2D eigenvalue weighted by Gasteiger charge is 2.07. The van der Waals surface area contributed by atoms with Crippen molar-refractivity contribution in [3.63, 3.8) is 0 Å². The third kappa shape index (κ3) is 3.12. The van der Waals surface area contributed by atoms with E-state index < -0.39 is 0 Å². The summed E-state index contributed by atoms with van der Waals surface area (Å²) in [5.74, 6) is 0.844. The molecule has 0 aliphatic heterocycles. The molecule has 0 saturated carbocycles. The van der Waals surface area contributed by atoms with E-state index in [9.17, 15) is 0 Å². The lowest BCUT2D eigenvalue weighted by molar-refractivity contribution is 0.206. The van der Waals surface area contributed by atoms with Crippen LogP contribution in [-0.4, -0.2) is 34.4 Å². The van der Waals surface area contributed by atoms with Crippen LogP contribution in [0, 0.1) is 0 Å². The van der Waals surface area contributed by atoms with E-state index in [0.29, 0.717) is 13.2 Å². The quantitative estimate of drug-likeness (QED) is 0.789. The molecule has 4 nitrogen and oxygen atoms in total. The SMILES string of the molecule is COCCN(C)c1cc(OC)ccc1CN. The minimum atomic E-state index is 0.524. The van der Waals surface area contributed by atoms with Gasteiger partial charge in [-0.3, -0.25) is 0 Å². The molecule has 90 valence electrons. The maximum absolute atomic E-state index is 5.71. The normalized spacial score (nSPS) is 10.2. The molecule has 0 aromatic heterocycles. The fourth-order valence-electron chi connectivity index (χ4n) is 1.55. The molecule has 16 heavy (non-hydrogen) atoms. The largest absolute Gasteiger partial charge is 0.497 e. The first-order chi connectivity index (χ1) is 7.72. The lowest BCUT2D eigenvalue weighted by Gasteiger charge is -2.22. The van der Waals surface area contributed by atoms with Crippen LogP contribution in [0.1, 0.15) is 5.56 Å². The Balaban J connectivity index is 2.89. The van der Waals surface area contributed by atoms with Gasteiger partial charge in [0.2, 0.25) is 0 Å². The Morgan fingerprint density at radius 2 is 2.06 bits per heavy atom. The van der Waals surface area contributed by atoms with Crippen molar-refractivity contribution in [2.75, 3.05) is 39.3 Å². The van der Waals surface area contributed by atoms with Gasteiger partial charge in [0.1, 0.15) is 5.75 Å². The summed E-state index contributed by atoms with van der Waals surface area (Å²) in [7, 11) is 5.38. The van der Waals surface area contributed by atoms with E-state index in [2.05, 4.69) is 4.90 Å². The number of nitrogens with two attached hydrogens (primary N) is 1. The highest BCUT2D eigenvalue weighted by Crippen LogP contribution is 2.24. The average molecular weight is 224 g/mol. The first-order valence-electron chi connectivity index (χ1n) is 5.30. The van der Waals surface area contributed by atoms with E-state index in [4.69, 9.17) is 15.2 Å². The summed E-state index contributed by atoms with van der Waals surface area (Å²) in [5, 5.41) is 0. The highest BCUT2D eigenvalue weighted by atomic mass is 16.5. The van der Waals surface area contributed by atoms with Crippen LogP contribution in [-0.2, 0) is 11.3 Å². The molecule has 0 atom stereocenters. The zero-order chi connectivity index (χ0) is 12.0. The van der Waals surface area contributed by atoms with E-state index >= 15 is 0 Å². The molecular weight excluding hydrogens is 204 g/mol. The standard InChI is InChI=1S/C12H20N2O2/c1-14(6-7-15-2)12-8-11(16-3)5-4-10(12)9-13/h4-5,8H,6-7,9,13H2,1-3H3. The second-order valence-electron chi connectivity index (χ2n) is 3.61. The van der Waals surface area contributed by atoms with Gasteiger partial charge in [0, 0.05) is 39.0 Å². The van der Waals surface area contributed by atoms with E-state index in [1.807, 2.05) is 25.2 Å². The Bertz CT molecular complexity index is 329. The lowest BCUT2D eigenvalue weighted by atomic mass is 10.1. The molecule has 0 aliphatic carbocycles. The topological polar surface area (TPSA) is 47.7 Å². The summed E-state index contributed by atoms with van der Waals surface area (Å²) >= 11 is 0. The third-order valence-corrected chi connectivity index (χ3v) is 2.55. The van der Waals surface area contributed by atoms with E-state index in [0.717, 1.165) is 23.5 Å². The Morgan fingerprint density at radius 1 is 1.31 bits per heavy atom. The number of nitrogens with zero attached hydrogens (tertiary/aromatic N) is 1. The summed E-state index contributed by atoms with van der Waals surface area (Å²) in [6, 6.07) is 5.92. The molecule has 0 spiro atoms. The van der Waals surface area contributed by atoms with Crippen molar-refractivity contribution in [3.05, 3.63) is 23.8 Å². The van der Waals surface area contributed by atoms with Crippen molar-refractivity contribution in [1.82, 2.24) is 0 Å². The average Bonchev–Trinajstić information content (AvgIpc) is 2.35. The third-order valence-electron chi connectivity index (χ3n) is 2.55. The first-order valence-corrected chi connectivity index (χ1v) is 5.30. The zero-order valence-electron chi connectivity index (χ0n) is 10.2. The predicted octanol–water partition coefficient (Wildman–Crippen LogP) is 1.24. The number of benzene rings is 1. The second-order valence-corrected chi connectivity index (χ2v) is 3.61. The maximum atomic E-state index is 5.71. The van der Waals surface area contributed by atoms with Crippen LogP contribution in [0.5, 0.6) is 5.75 Å². The van der Waals surface area contributed by atoms with Crippen molar-refractivity contribution < 1.29 is 9.47 Å². The minimum Gasteiger partial charge on any atom is -0.497 e. The van der Waals surface area contributed by atoms with Gasteiger partial charge in [-0.05, 0) is 11.6 Å². The molecule has 0 radical (unpaired) electrons. The molecule has 0 unspecified atom stereocenters. The minimum absolute atomic E-state index is 0.524. The fraction of sp³-hybridized carbons (Fsp3) is 0.500. The zero-order valence-corrected chi connectivity index (χ0v) is 10.2. The molecule has 2 N–H and O–H groups in total. The van der Waals surface area contributed by atoms with Gasteiger partial charge in [0.15, 0.2) is 0 Å². The second kappa shape index (κ2) is 6.35. The van der Waals surface area contributed by atoms with E-state index in [1.165, 1.54) is 0 Å². The number of likely N-dealkylation sites (N-methyl/N-ethyl adjacent to an activating group) is 1. The molecule has 1 aromatic rings. The molecule has 0 saturated heterocycles. The molecular formula is C12H20N2O2. The first kappa shape index (κ1) is 12.8. The van der Waals surface area contributed by atoms with Crippen LogP contribution in [0.15, 0.2) is 18.2 Å². The van der Waals surface area contributed by atoms with Crippen LogP contribution in [0.3, 0.4) is 0 Å². The molecule has 1 aromatic carbocycles. The van der Waals surface area contributed by atoms with Crippen molar-refractivity contribution in [3.8, 4) is 5.75 Å². The van der Waals surface area contributed by atoms with Crippen molar-refractivity contribution >= 4 is 5.69 Å². The number of hydrogen-bond donors (Lipinski definition) is 1. The summed E-state index contributed by atoms with van der Waals surface area (Å²) in [4.78, 5) is 2.12.